The van der Waals surface area contributed by atoms with Gasteiger partial charge in [0, 0.05) is 36.0 Å². The third-order valence-corrected chi connectivity index (χ3v) is 3.59. The van der Waals surface area contributed by atoms with E-state index in [0.717, 1.165) is 12.8 Å². The van der Waals surface area contributed by atoms with E-state index in [2.05, 4.69) is 11.8 Å². The number of hydrogen-bond donors (Lipinski definition) is 1. The second-order valence-electron chi connectivity index (χ2n) is 5.46. The fraction of sp³-hybridized carbons (Fsp3) is 0.938. The van der Waals surface area contributed by atoms with Crippen LogP contribution in [0.15, 0.2) is 0 Å². The van der Waals surface area contributed by atoms with Crippen molar-refractivity contribution in [1.29, 1.82) is 0 Å². The summed E-state index contributed by atoms with van der Waals surface area (Å²) >= 11 is 0. The summed E-state index contributed by atoms with van der Waals surface area (Å²) in [5.41, 5.74) is 0. The van der Waals surface area contributed by atoms with Crippen LogP contribution in [-0.2, 0) is 9.68 Å². The molecule has 4 heteroatoms. The molecule has 0 aromatic carbocycles. The Bertz CT molecular complexity index is 198. The summed E-state index contributed by atoms with van der Waals surface area (Å²) in [5.74, 6) is -0.511. The summed E-state index contributed by atoms with van der Waals surface area (Å²) in [6.07, 6.45) is 17.1. The first-order valence-corrected chi connectivity index (χ1v) is 8.15. The van der Waals surface area contributed by atoms with Crippen LogP contribution in [0.5, 0.6) is 0 Å². The molecular formula is C16H32NaO3. The predicted molar refractivity (Wildman–Crippen MR) is 84.8 cm³/mol. The van der Waals surface area contributed by atoms with E-state index < -0.39 is 5.97 Å². The molecule has 0 aliphatic rings. The molecule has 1 N–H and O–H groups in total. The van der Waals surface area contributed by atoms with Crippen LogP contribution in [0, 0.1) is 0 Å². The largest absolute Gasteiger partial charge is 0.342 e. The molecule has 0 aliphatic carbocycles. The van der Waals surface area contributed by atoms with Crippen LogP contribution in [0.2, 0.25) is 0 Å². The van der Waals surface area contributed by atoms with Crippen molar-refractivity contribution in [1.82, 2.24) is 0 Å². The van der Waals surface area contributed by atoms with E-state index in [0.29, 0.717) is 6.42 Å². The SMILES string of the molecule is CCCCCCCCCCCCCCCC(=O)OO.[Na]. The van der Waals surface area contributed by atoms with Crippen molar-refractivity contribution in [2.75, 3.05) is 0 Å². The average Bonchev–Trinajstić information content (AvgIpc) is 2.43. The van der Waals surface area contributed by atoms with E-state index in [1.165, 1.54) is 70.6 Å². The molecule has 0 unspecified atom stereocenters. The van der Waals surface area contributed by atoms with Gasteiger partial charge in [0.15, 0.2) is 0 Å². The monoisotopic (exact) mass is 295 g/mol. The average molecular weight is 295 g/mol. The minimum absolute atomic E-state index is 0. The van der Waals surface area contributed by atoms with Crippen molar-refractivity contribution in [3.8, 4) is 0 Å². The molecule has 3 nitrogen and oxygen atoms in total. The van der Waals surface area contributed by atoms with Gasteiger partial charge in [-0.3, -0.25) is 0 Å². The number of carbonyl (C=O) groups excluding carboxylic acids is 1. The summed E-state index contributed by atoms with van der Waals surface area (Å²) < 4.78 is 0. The molecule has 0 saturated carbocycles. The van der Waals surface area contributed by atoms with Gasteiger partial charge in [-0.2, -0.15) is 5.26 Å². The quantitative estimate of drug-likeness (QED) is 0.210. The Morgan fingerprint density at radius 3 is 1.45 bits per heavy atom. The molecule has 0 rings (SSSR count). The number of unbranched alkanes of at least 4 members (excludes halogenated alkanes) is 12. The Morgan fingerprint density at radius 2 is 1.10 bits per heavy atom. The van der Waals surface area contributed by atoms with E-state index >= 15 is 0 Å². The van der Waals surface area contributed by atoms with Crippen molar-refractivity contribution in [2.45, 2.75) is 96.8 Å². The molecule has 0 amide bonds. The van der Waals surface area contributed by atoms with Crippen LogP contribution >= 0.6 is 0 Å². The molecule has 0 bridgehead atoms. The van der Waals surface area contributed by atoms with Crippen molar-refractivity contribution in [2.24, 2.45) is 0 Å². The Kier molecular flexibility index (Phi) is 22.1. The van der Waals surface area contributed by atoms with Crippen LogP contribution in [0.25, 0.3) is 0 Å². The van der Waals surface area contributed by atoms with Gasteiger partial charge >= 0.3 is 5.97 Å². The van der Waals surface area contributed by atoms with Gasteiger partial charge in [0.05, 0.1) is 0 Å². The zero-order valence-electron chi connectivity index (χ0n) is 13.7. The molecule has 0 spiro atoms. The zero-order chi connectivity index (χ0) is 14.2. The maximum absolute atomic E-state index is 10.6. The predicted octanol–water partition coefficient (Wildman–Crippen LogP) is 5.10. The molecule has 0 aromatic rings. The molecule has 0 saturated heterocycles. The number of rotatable bonds is 14. The smallest absolute Gasteiger partial charge is 0.301 e. The molecule has 20 heavy (non-hydrogen) atoms. The van der Waals surface area contributed by atoms with Crippen molar-refractivity contribution in [3.63, 3.8) is 0 Å². The fourth-order valence-corrected chi connectivity index (χ4v) is 2.33. The molecule has 1 radical (unpaired) electrons. The Hall–Kier alpha value is 0.430. The van der Waals surface area contributed by atoms with Crippen molar-refractivity contribution < 1.29 is 14.9 Å². The molecule has 0 heterocycles. The van der Waals surface area contributed by atoms with E-state index in [9.17, 15) is 4.79 Å². The fourth-order valence-electron chi connectivity index (χ4n) is 2.33. The molecule has 0 aromatic heterocycles. The Morgan fingerprint density at radius 1 is 0.750 bits per heavy atom. The first-order valence-electron chi connectivity index (χ1n) is 8.15. The normalized spacial score (nSPS) is 10.1. The van der Waals surface area contributed by atoms with Gasteiger partial charge in [-0.05, 0) is 6.42 Å². The summed E-state index contributed by atoms with van der Waals surface area (Å²) in [6, 6.07) is 0. The van der Waals surface area contributed by atoms with Crippen LogP contribution in [0.1, 0.15) is 96.8 Å². The maximum atomic E-state index is 10.6. The van der Waals surface area contributed by atoms with Crippen LogP contribution < -0.4 is 0 Å². The summed E-state index contributed by atoms with van der Waals surface area (Å²) in [4.78, 5) is 14.3. The van der Waals surface area contributed by atoms with Gasteiger partial charge in [0.1, 0.15) is 0 Å². The maximum Gasteiger partial charge on any atom is 0.342 e. The van der Waals surface area contributed by atoms with E-state index in [-0.39, 0.29) is 29.6 Å². The topological polar surface area (TPSA) is 46.5 Å². The summed E-state index contributed by atoms with van der Waals surface area (Å²) in [6.45, 7) is 2.26. The van der Waals surface area contributed by atoms with E-state index in [4.69, 9.17) is 5.26 Å². The van der Waals surface area contributed by atoms with Gasteiger partial charge in [-0.25, -0.2) is 4.79 Å². The first-order chi connectivity index (χ1) is 9.31. The summed E-state index contributed by atoms with van der Waals surface area (Å²) in [5, 5.41) is 8.08. The minimum atomic E-state index is -0.511. The van der Waals surface area contributed by atoms with Crippen LogP contribution in [-0.4, -0.2) is 40.8 Å². The van der Waals surface area contributed by atoms with Gasteiger partial charge < -0.3 is 4.89 Å². The molecule has 0 fully saturated rings. The van der Waals surface area contributed by atoms with E-state index in [1.54, 1.807) is 0 Å². The van der Waals surface area contributed by atoms with Crippen LogP contribution in [0.4, 0.5) is 0 Å². The second-order valence-corrected chi connectivity index (χ2v) is 5.46. The Balaban J connectivity index is 0. The first kappa shape index (κ1) is 22.7. The second kappa shape index (κ2) is 19.4. The Labute approximate surface area is 147 Å². The number of hydrogen-bond acceptors (Lipinski definition) is 3. The third-order valence-electron chi connectivity index (χ3n) is 3.59. The molecule has 0 atom stereocenters. The van der Waals surface area contributed by atoms with Crippen LogP contribution in [0.3, 0.4) is 0 Å². The molecular weight excluding hydrogens is 263 g/mol. The standard InChI is InChI=1S/C16H32O3.Na/c1-2-3-4-5-6-7-8-9-10-11-12-13-14-15-16(17)19-18;/h18H,2-15H2,1H3;. The molecule has 0 aliphatic heterocycles. The van der Waals surface area contributed by atoms with Gasteiger partial charge in [-0.15, -0.1) is 0 Å². The zero-order valence-corrected chi connectivity index (χ0v) is 15.7. The minimum Gasteiger partial charge on any atom is -0.301 e. The summed E-state index contributed by atoms with van der Waals surface area (Å²) in [7, 11) is 0. The number of carbonyl (C=O) groups is 1. The van der Waals surface area contributed by atoms with Crippen molar-refractivity contribution in [3.05, 3.63) is 0 Å². The molecule has 115 valence electrons. The van der Waals surface area contributed by atoms with E-state index in [1.807, 2.05) is 0 Å². The van der Waals surface area contributed by atoms with Gasteiger partial charge in [0.25, 0.3) is 0 Å². The van der Waals surface area contributed by atoms with Gasteiger partial charge in [-0.1, -0.05) is 84.0 Å². The third kappa shape index (κ3) is 18.4. The van der Waals surface area contributed by atoms with Crippen molar-refractivity contribution >= 4 is 35.5 Å². The van der Waals surface area contributed by atoms with Gasteiger partial charge in [0.2, 0.25) is 0 Å².